The quantitative estimate of drug-likeness (QED) is 0.306. The third-order valence-electron chi connectivity index (χ3n) is 8.57. The summed E-state index contributed by atoms with van der Waals surface area (Å²) in [7, 11) is 0. The SMILES string of the molecule is C[C@@]12C[C@@]3(O)OC(O1)C1(COC(=O)c4ccccc4)C3C[C@]12O[C@@H]1O[C@@H](CO)[C@@H](O)[C@H](O)[C@@H]1O. The highest BCUT2D eigenvalue weighted by Gasteiger charge is 2.94. The Hall–Kier alpha value is -1.67. The lowest BCUT2D eigenvalue weighted by atomic mass is 9.41. The molecule has 0 aromatic heterocycles. The number of rotatable bonds is 6. The molecule has 3 unspecified atom stereocenters. The Morgan fingerprint density at radius 3 is 2.56 bits per heavy atom. The average molecular weight is 480 g/mol. The van der Waals surface area contributed by atoms with Crippen LogP contribution in [0.1, 0.15) is 30.1 Å². The Kier molecular flexibility index (Phi) is 4.81. The first-order chi connectivity index (χ1) is 16.1. The van der Waals surface area contributed by atoms with Crippen LogP contribution in [0.3, 0.4) is 0 Å². The Morgan fingerprint density at radius 2 is 1.85 bits per heavy atom. The largest absolute Gasteiger partial charge is 0.461 e. The zero-order chi connectivity index (χ0) is 24.1. The molecule has 0 spiro atoms. The number of ether oxygens (including phenoxy) is 5. The number of hydrogen-bond donors (Lipinski definition) is 5. The molecule has 4 aliphatic heterocycles. The van der Waals surface area contributed by atoms with E-state index in [4.69, 9.17) is 23.7 Å². The van der Waals surface area contributed by atoms with Crippen molar-refractivity contribution in [3.05, 3.63) is 35.9 Å². The van der Waals surface area contributed by atoms with Crippen molar-refractivity contribution in [3.8, 4) is 0 Å². The fourth-order valence-corrected chi connectivity index (χ4v) is 6.87. The fraction of sp³-hybridized carbons (Fsp3) is 0.696. The van der Waals surface area contributed by atoms with E-state index in [0.29, 0.717) is 5.56 Å². The van der Waals surface area contributed by atoms with Gasteiger partial charge in [0.25, 0.3) is 0 Å². The van der Waals surface area contributed by atoms with Gasteiger partial charge in [-0.05, 0) is 25.5 Å². The molecule has 5 N–H and O–H groups in total. The van der Waals surface area contributed by atoms with Gasteiger partial charge in [-0.2, -0.15) is 0 Å². The molecule has 11 atom stereocenters. The van der Waals surface area contributed by atoms with Gasteiger partial charge in [0.15, 0.2) is 18.4 Å². The van der Waals surface area contributed by atoms with Crippen LogP contribution in [0.5, 0.6) is 0 Å². The third-order valence-corrected chi connectivity index (χ3v) is 8.57. The van der Waals surface area contributed by atoms with E-state index in [1.807, 2.05) is 0 Å². The molecular weight excluding hydrogens is 452 g/mol. The number of carbonyl (C=O) groups is 1. The fourth-order valence-electron chi connectivity index (χ4n) is 6.87. The van der Waals surface area contributed by atoms with Gasteiger partial charge in [-0.15, -0.1) is 0 Å². The number of hydrogen-bond acceptors (Lipinski definition) is 11. The van der Waals surface area contributed by atoms with E-state index in [0.717, 1.165) is 0 Å². The highest BCUT2D eigenvalue weighted by atomic mass is 16.8. The van der Waals surface area contributed by atoms with Gasteiger partial charge in [-0.1, -0.05) is 18.2 Å². The molecule has 8 rings (SSSR count). The third kappa shape index (κ3) is 2.59. The van der Waals surface area contributed by atoms with Crippen molar-refractivity contribution in [2.24, 2.45) is 11.3 Å². The summed E-state index contributed by atoms with van der Waals surface area (Å²) in [5, 5.41) is 51.7. The number of esters is 1. The van der Waals surface area contributed by atoms with Crippen LogP contribution in [0.15, 0.2) is 30.3 Å². The molecule has 7 fully saturated rings. The zero-order valence-electron chi connectivity index (χ0n) is 18.4. The second-order valence-corrected chi connectivity index (χ2v) is 10.2. The van der Waals surface area contributed by atoms with E-state index < -0.39 is 77.9 Å². The topological polar surface area (TPSA) is 164 Å². The highest BCUT2D eigenvalue weighted by Crippen LogP contribution is 2.81. The van der Waals surface area contributed by atoms with E-state index >= 15 is 0 Å². The molecule has 7 aliphatic rings. The molecular formula is C23H28O11. The van der Waals surface area contributed by atoms with Crippen LogP contribution >= 0.6 is 0 Å². The van der Waals surface area contributed by atoms with Gasteiger partial charge < -0.3 is 49.2 Å². The maximum absolute atomic E-state index is 12.7. The summed E-state index contributed by atoms with van der Waals surface area (Å²) in [5.41, 5.74) is -2.99. The van der Waals surface area contributed by atoms with Crippen LogP contribution < -0.4 is 0 Å². The standard InChI is InChI=1S/C23H28O11/c1-20-9-22(29)13-7-23(20,32-18-16(27)15(26)14(25)12(8-24)31-18)21(13,19(33-20)34-22)10-30-17(28)11-5-3-2-4-6-11/h2-6,12-16,18-19,24-27,29H,7-10H2,1H3/t12-,13?,14+,15-,16-,18-,19?,20-,21?,22+,23+/m0/s1. The normalized spacial score (nSPS) is 52.5. The summed E-state index contributed by atoms with van der Waals surface area (Å²) in [4.78, 5) is 12.7. The van der Waals surface area contributed by atoms with E-state index in [1.165, 1.54) is 0 Å². The van der Waals surface area contributed by atoms with Gasteiger partial charge in [-0.25, -0.2) is 4.79 Å². The number of benzene rings is 1. The Labute approximate surface area is 194 Å². The molecule has 0 amide bonds. The van der Waals surface area contributed by atoms with Crippen molar-refractivity contribution < 1.29 is 54.0 Å². The summed E-state index contributed by atoms with van der Waals surface area (Å²) >= 11 is 0. The number of aliphatic hydroxyl groups is 5. The van der Waals surface area contributed by atoms with Crippen LogP contribution in [0, 0.1) is 11.3 Å². The maximum atomic E-state index is 12.7. The van der Waals surface area contributed by atoms with Gasteiger partial charge in [0.2, 0.25) is 0 Å². The van der Waals surface area contributed by atoms with Crippen LogP contribution in [0.25, 0.3) is 0 Å². The molecule has 11 nitrogen and oxygen atoms in total. The smallest absolute Gasteiger partial charge is 0.338 e. The lowest BCUT2D eigenvalue weighted by Crippen LogP contribution is -2.80. The van der Waals surface area contributed by atoms with E-state index in [9.17, 15) is 30.3 Å². The lowest BCUT2D eigenvalue weighted by molar-refractivity contribution is -0.424. The molecule has 4 saturated heterocycles. The first kappa shape index (κ1) is 22.8. The molecule has 6 bridgehead atoms. The van der Waals surface area contributed by atoms with Crippen molar-refractivity contribution in [3.63, 3.8) is 0 Å². The van der Waals surface area contributed by atoms with Crippen LogP contribution in [0.4, 0.5) is 0 Å². The predicted octanol–water partition coefficient (Wildman–Crippen LogP) is -1.36. The monoisotopic (exact) mass is 480 g/mol. The summed E-state index contributed by atoms with van der Waals surface area (Å²) < 4.78 is 29.7. The predicted molar refractivity (Wildman–Crippen MR) is 109 cm³/mol. The zero-order valence-corrected chi connectivity index (χ0v) is 18.4. The van der Waals surface area contributed by atoms with E-state index in [-0.39, 0.29) is 19.4 Å². The van der Waals surface area contributed by atoms with Gasteiger partial charge in [0.1, 0.15) is 42.2 Å². The second kappa shape index (κ2) is 7.19. The summed E-state index contributed by atoms with van der Waals surface area (Å²) in [5.74, 6) is -2.49. The molecule has 186 valence electrons. The lowest BCUT2D eigenvalue weighted by Gasteiger charge is -2.67. The molecule has 4 heterocycles. The minimum atomic E-state index is -1.61. The first-order valence-corrected chi connectivity index (χ1v) is 11.4. The van der Waals surface area contributed by atoms with Gasteiger partial charge in [0, 0.05) is 12.3 Å². The van der Waals surface area contributed by atoms with Crippen molar-refractivity contribution >= 4 is 5.97 Å². The summed E-state index contributed by atoms with van der Waals surface area (Å²) in [6, 6.07) is 8.47. The summed E-state index contributed by atoms with van der Waals surface area (Å²) in [6.07, 6.45) is -7.87. The molecule has 1 aromatic carbocycles. The van der Waals surface area contributed by atoms with Crippen LogP contribution in [-0.4, -0.2) is 98.7 Å². The average Bonchev–Trinajstić information content (AvgIpc) is 3.00. The Bertz CT molecular complexity index is 988. The van der Waals surface area contributed by atoms with E-state index in [2.05, 4.69) is 0 Å². The van der Waals surface area contributed by atoms with Crippen molar-refractivity contribution in [2.75, 3.05) is 13.2 Å². The molecule has 3 saturated carbocycles. The summed E-state index contributed by atoms with van der Waals surface area (Å²) in [6.45, 7) is 0.985. The van der Waals surface area contributed by atoms with Crippen LogP contribution in [0.2, 0.25) is 0 Å². The second-order valence-electron chi connectivity index (χ2n) is 10.2. The number of aliphatic hydroxyl groups excluding tert-OH is 4. The molecule has 0 radical (unpaired) electrons. The van der Waals surface area contributed by atoms with Crippen molar-refractivity contribution in [1.82, 2.24) is 0 Å². The Morgan fingerprint density at radius 1 is 1.12 bits per heavy atom. The maximum Gasteiger partial charge on any atom is 0.338 e. The number of carbonyl (C=O) groups excluding carboxylic acids is 1. The van der Waals surface area contributed by atoms with Gasteiger partial charge >= 0.3 is 5.97 Å². The first-order valence-electron chi connectivity index (χ1n) is 11.4. The van der Waals surface area contributed by atoms with E-state index in [1.54, 1.807) is 37.3 Å². The minimum Gasteiger partial charge on any atom is -0.461 e. The molecule has 3 aliphatic carbocycles. The minimum absolute atomic E-state index is 0.0902. The Balaban J connectivity index is 1.32. The van der Waals surface area contributed by atoms with Crippen LogP contribution in [-0.2, 0) is 23.7 Å². The van der Waals surface area contributed by atoms with Gasteiger partial charge in [0.05, 0.1) is 17.6 Å². The van der Waals surface area contributed by atoms with Crippen molar-refractivity contribution in [2.45, 2.75) is 73.8 Å². The molecule has 1 aromatic rings. The highest BCUT2D eigenvalue weighted by molar-refractivity contribution is 5.89. The molecule has 34 heavy (non-hydrogen) atoms. The van der Waals surface area contributed by atoms with Gasteiger partial charge in [-0.3, -0.25) is 0 Å². The molecule has 11 heteroatoms. The van der Waals surface area contributed by atoms with Crippen molar-refractivity contribution in [1.29, 1.82) is 0 Å².